The van der Waals surface area contributed by atoms with Crippen LogP contribution in [0.25, 0.3) is 0 Å². The van der Waals surface area contributed by atoms with E-state index in [4.69, 9.17) is 23.7 Å². The molecule has 2 saturated carbocycles. The summed E-state index contributed by atoms with van der Waals surface area (Å²) in [4.78, 5) is 0. The van der Waals surface area contributed by atoms with Crippen molar-refractivity contribution in [2.75, 3.05) is 39.6 Å². The maximum atomic E-state index is 11.4. The molecule has 3 unspecified atom stereocenters. The van der Waals surface area contributed by atoms with Crippen molar-refractivity contribution in [3.63, 3.8) is 0 Å². The Balaban J connectivity index is 1.40. The molecule has 6 aliphatic rings. The third kappa shape index (κ3) is 2.63. The summed E-state index contributed by atoms with van der Waals surface area (Å²) in [5, 5.41) is 11.4. The largest absolute Gasteiger partial charge is 0.389 e. The first-order chi connectivity index (χ1) is 14.0. The molecule has 4 heterocycles. The Morgan fingerprint density at radius 2 is 1.79 bits per heavy atom. The van der Waals surface area contributed by atoms with E-state index in [0.29, 0.717) is 39.0 Å². The summed E-state index contributed by atoms with van der Waals surface area (Å²) in [6, 6.07) is 0. The van der Waals surface area contributed by atoms with Crippen LogP contribution in [0, 0.1) is 11.3 Å². The van der Waals surface area contributed by atoms with Crippen molar-refractivity contribution in [1.29, 1.82) is 0 Å². The standard InChI is InChI=1S/C23H34O6/c1-20-13-17(24)19-16-4-5-22(27-11-12-28-22)14-21(16)6-7-23(19,29-21)18(20)3-2-8-25-9-10-26-15-20/h17-18,24H,2-15H2,1H3/t17?,18?,20?,21-,23+/m1/s1. The smallest absolute Gasteiger partial charge is 0.171 e. The lowest BCUT2D eigenvalue weighted by Gasteiger charge is -2.54. The van der Waals surface area contributed by atoms with Gasteiger partial charge in [0.25, 0.3) is 0 Å². The van der Waals surface area contributed by atoms with Crippen molar-refractivity contribution in [1.82, 2.24) is 0 Å². The van der Waals surface area contributed by atoms with E-state index in [9.17, 15) is 5.11 Å². The minimum Gasteiger partial charge on any atom is -0.389 e. The molecule has 1 N–H and O–H groups in total. The minimum absolute atomic E-state index is 0.0854. The van der Waals surface area contributed by atoms with E-state index in [0.717, 1.165) is 58.0 Å². The van der Waals surface area contributed by atoms with E-state index in [-0.39, 0.29) is 16.6 Å². The predicted molar refractivity (Wildman–Crippen MR) is 104 cm³/mol. The van der Waals surface area contributed by atoms with Gasteiger partial charge < -0.3 is 28.8 Å². The first-order valence-electron chi connectivity index (χ1n) is 11.6. The highest BCUT2D eigenvalue weighted by Gasteiger charge is 2.71. The Labute approximate surface area is 172 Å². The van der Waals surface area contributed by atoms with Gasteiger partial charge in [-0.25, -0.2) is 0 Å². The average molecular weight is 407 g/mol. The molecule has 3 spiro atoms. The summed E-state index contributed by atoms with van der Waals surface area (Å²) in [6.07, 6.45) is 6.97. The fraction of sp³-hybridized carbons (Fsp3) is 0.913. The van der Waals surface area contributed by atoms with Gasteiger partial charge in [0.1, 0.15) is 0 Å². The molecule has 4 aliphatic heterocycles. The number of aliphatic hydroxyl groups is 1. The number of hydrogen-bond donors (Lipinski definition) is 1. The van der Waals surface area contributed by atoms with Crippen LogP contribution in [0.4, 0.5) is 0 Å². The zero-order chi connectivity index (χ0) is 19.7. The molecule has 2 bridgehead atoms. The molecular formula is C23H34O6. The third-order valence-corrected chi connectivity index (χ3v) is 8.72. The number of aliphatic hydroxyl groups excluding tert-OH is 1. The number of ether oxygens (including phenoxy) is 5. The lowest BCUT2D eigenvalue weighted by atomic mass is 9.53. The highest BCUT2D eigenvalue weighted by atomic mass is 16.7. The Morgan fingerprint density at radius 1 is 0.966 bits per heavy atom. The van der Waals surface area contributed by atoms with Crippen molar-refractivity contribution in [3.8, 4) is 0 Å². The van der Waals surface area contributed by atoms with Gasteiger partial charge in [-0.05, 0) is 61.0 Å². The topological polar surface area (TPSA) is 66.4 Å². The Bertz CT molecular complexity index is 714. The summed E-state index contributed by atoms with van der Waals surface area (Å²) in [7, 11) is 0. The molecule has 0 aromatic heterocycles. The van der Waals surface area contributed by atoms with Gasteiger partial charge in [-0.2, -0.15) is 0 Å². The Kier molecular flexibility index (Phi) is 4.31. The molecular weight excluding hydrogens is 372 g/mol. The van der Waals surface area contributed by atoms with E-state index in [1.807, 2.05) is 0 Å². The van der Waals surface area contributed by atoms with Crippen LogP contribution < -0.4 is 0 Å². The number of hydrogen-bond acceptors (Lipinski definition) is 6. The van der Waals surface area contributed by atoms with E-state index in [1.165, 1.54) is 11.1 Å². The molecule has 5 fully saturated rings. The zero-order valence-corrected chi connectivity index (χ0v) is 17.5. The van der Waals surface area contributed by atoms with Gasteiger partial charge >= 0.3 is 0 Å². The molecule has 29 heavy (non-hydrogen) atoms. The lowest BCUT2D eigenvalue weighted by Crippen LogP contribution is -2.56. The van der Waals surface area contributed by atoms with Gasteiger partial charge in [0.15, 0.2) is 5.79 Å². The highest BCUT2D eigenvalue weighted by molar-refractivity contribution is 5.48. The normalized spacial score (nSPS) is 49.0. The Hall–Kier alpha value is -0.500. The number of fused-ring (bicyclic) bond motifs is 1. The van der Waals surface area contributed by atoms with Gasteiger partial charge in [-0.15, -0.1) is 0 Å². The van der Waals surface area contributed by atoms with Crippen LogP contribution in [0.5, 0.6) is 0 Å². The second-order valence-corrected chi connectivity index (χ2v) is 10.4. The van der Waals surface area contributed by atoms with Gasteiger partial charge in [0.05, 0.1) is 50.3 Å². The molecule has 6 nitrogen and oxygen atoms in total. The molecule has 0 aromatic rings. The van der Waals surface area contributed by atoms with Crippen LogP contribution in [0.2, 0.25) is 0 Å². The highest BCUT2D eigenvalue weighted by Crippen LogP contribution is 2.69. The van der Waals surface area contributed by atoms with Gasteiger partial charge in [0.2, 0.25) is 0 Å². The summed E-state index contributed by atoms with van der Waals surface area (Å²) < 4.78 is 31.0. The van der Waals surface area contributed by atoms with E-state index >= 15 is 0 Å². The first kappa shape index (κ1) is 19.2. The van der Waals surface area contributed by atoms with Crippen LogP contribution in [-0.4, -0.2) is 67.8 Å². The molecule has 0 aromatic carbocycles. The quantitative estimate of drug-likeness (QED) is 0.624. The fourth-order valence-corrected chi connectivity index (χ4v) is 7.74. The van der Waals surface area contributed by atoms with Crippen LogP contribution >= 0.6 is 0 Å². The lowest BCUT2D eigenvalue weighted by molar-refractivity contribution is -0.220. The van der Waals surface area contributed by atoms with Crippen molar-refractivity contribution in [3.05, 3.63) is 11.1 Å². The molecule has 162 valence electrons. The molecule has 3 saturated heterocycles. The zero-order valence-electron chi connectivity index (χ0n) is 17.5. The average Bonchev–Trinajstić information content (AvgIpc) is 3.36. The summed E-state index contributed by atoms with van der Waals surface area (Å²) in [5.74, 6) is -0.140. The number of rotatable bonds is 0. The molecule has 6 heteroatoms. The second kappa shape index (κ2) is 6.50. The molecule has 0 radical (unpaired) electrons. The van der Waals surface area contributed by atoms with Crippen molar-refractivity contribution < 1.29 is 28.8 Å². The van der Waals surface area contributed by atoms with Gasteiger partial charge in [-0.3, -0.25) is 0 Å². The fourth-order valence-electron chi connectivity index (χ4n) is 7.74. The molecule has 2 aliphatic carbocycles. The third-order valence-electron chi connectivity index (χ3n) is 8.72. The first-order valence-corrected chi connectivity index (χ1v) is 11.6. The monoisotopic (exact) mass is 406 g/mol. The van der Waals surface area contributed by atoms with E-state index < -0.39 is 11.9 Å². The molecule has 5 atom stereocenters. The summed E-state index contributed by atoms with van der Waals surface area (Å²) in [6.45, 7) is 6.38. The maximum Gasteiger partial charge on any atom is 0.171 e. The summed E-state index contributed by atoms with van der Waals surface area (Å²) in [5.41, 5.74) is 1.85. The van der Waals surface area contributed by atoms with Crippen LogP contribution in [0.1, 0.15) is 58.3 Å². The minimum atomic E-state index is -0.482. The van der Waals surface area contributed by atoms with Crippen LogP contribution in [0.15, 0.2) is 11.1 Å². The molecule has 0 amide bonds. The van der Waals surface area contributed by atoms with Crippen LogP contribution in [-0.2, 0) is 23.7 Å². The van der Waals surface area contributed by atoms with E-state index in [2.05, 4.69) is 6.92 Å². The van der Waals surface area contributed by atoms with Crippen molar-refractivity contribution >= 4 is 0 Å². The SMILES string of the molecule is CC12COCCOCCCC1[C@@]13CC[C@]4(CC5(CCC4=C1C(O)C2)OCCO5)O3. The van der Waals surface area contributed by atoms with Crippen molar-refractivity contribution in [2.45, 2.75) is 81.4 Å². The van der Waals surface area contributed by atoms with Gasteiger partial charge in [-0.1, -0.05) is 6.92 Å². The van der Waals surface area contributed by atoms with Crippen molar-refractivity contribution in [2.24, 2.45) is 11.3 Å². The predicted octanol–water partition coefficient (Wildman–Crippen LogP) is 2.73. The van der Waals surface area contributed by atoms with Gasteiger partial charge in [0, 0.05) is 19.4 Å². The van der Waals surface area contributed by atoms with E-state index in [1.54, 1.807) is 0 Å². The Morgan fingerprint density at radius 3 is 2.66 bits per heavy atom. The van der Waals surface area contributed by atoms with Crippen LogP contribution in [0.3, 0.4) is 0 Å². The second-order valence-electron chi connectivity index (χ2n) is 10.4. The molecule has 6 rings (SSSR count). The summed E-state index contributed by atoms with van der Waals surface area (Å²) >= 11 is 0. The maximum absolute atomic E-state index is 11.4.